The summed E-state index contributed by atoms with van der Waals surface area (Å²) in [6.07, 6.45) is 0. The molecule has 3 rings (SSSR count). The largest absolute Gasteiger partial charge is 0.351 e. The zero-order valence-corrected chi connectivity index (χ0v) is 14.9. The lowest BCUT2D eigenvalue weighted by Crippen LogP contribution is -2.30. The van der Waals surface area contributed by atoms with Crippen molar-refractivity contribution in [3.8, 4) is 5.69 Å². The van der Waals surface area contributed by atoms with Crippen molar-refractivity contribution >= 4 is 17.7 Å². The van der Waals surface area contributed by atoms with Crippen molar-refractivity contribution in [1.29, 1.82) is 0 Å². The Labute approximate surface area is 150 Å². The summed E-state index contributed by atoms with van der Waals surface area (Å²) in [4.78, 5) is 12.3. The SMILES string of the molecule is Cc1ccccc1-n1nnnc1SC(C)C(=O)NCc1ccccc1. The molecule has 1 amide bonds. The van der Waals surface area contributed by atoms with Crippen molar-refractivity contribution in [1.82, 2.24) is 25.5 Å². The smallest absolute Gasteiger partial charge is 0.233 e. The van der Waals surface area contributed by atoms with Crippen LogP contribution in [0, 0.1) is 6.92 Å². The second-order valence-electron chi connectivity index (χ2n) is 5.62. The van der Waals surface area contributed by atoms with E-state index in [1.165, 1.54) is 11.8 Å². The quantitative estimate of drug-likeness (QED) is 0.690. The van der Waals surface area contributed by atoms with Gasteiger partial charge < -0.3 is 5.32 Å². The second kappa shape index (κ2) is 7.94. The van der Waals surface area contributed by atoms with E-state index in [4.69, 9.17) is 0 Å². The minimum absolute atomic E-state index is 0.0480. The molecule has 0 aliphatic heterocycles. The molecule has 1 N–H and O–H groups in total. The first-order valence-electron chi connectivity index (χ1n) is 7.98. The number of benzene rings is 2. The average Bonchev–Trinajstić information content (AvgIpc) is 3.08. The van der Waals surface area contributed by atoms with E-state index in [2.05, 4.69) is 20.8 Å². The minimum Gasteiger partial charge on any atom is -0.351 e. The Hall–Kier alpha value is -2.67. The van der Waals surface area contributed by atoms with Crippen LogP contribution in [0.2, 0.25) is 0 Å². The molecular formula is C18H19N5OS. The maximum atomic E-state index is 12.3. The Morgan fingerprint density at radius 2 is 1.88 bits per heavy atom. The number of amides is 1. The second-order valence-corrected chi connectivity index (χ2v) is 6.93. The zero-order chi connectivity index (χ0) is 17.6. The first-order valence-corrected chi connectivity index (χ1v) is 8.86. The Morgan fingerprint density at radius 1 is 1.16 bits per heavy atom. The number of carbonyl (C=O) groups excluding carboxylic acids is 1. The van der Waals surface area contributed by atoms with Gasteiger partial charge in [0, 0.05) is 6.54 Å². The van der Waals surface area contributed by atoms with Gasteiger partial charge in [-0.05, 0) is 41.5 Å². The molecule has 1 aromatic heterocycles. The van der Waals surface area contributed by atoms with Gasteiger partial charge in [0.15, 0.2) is 0 Å². The molecule has 0 saturated heterocycles. The third kappa shape index (κ3) is 4.24. The monoisotopic (exact) mass is 353 g/mol. The number of para-hydroxylation sites is 1. The fraction of sp³-hybridized carbons (Fsp3) is 0.222. The van der Waals surface area contributed by atoms with E-state index >= 15 is 0 Å². The molecule has 6 nitrogen and oxygen atoms in total. The molecule has 0 aliphatic carbocycles. The number of tetrazole rings is 1. The van der Waals surface area contributed by atoms with E-state index in [1.807, 2.05) is 68.4 Å². The molecule has 0 fully saturated rings. The lowest BCUT2D eigenvalue weighted by molar-refractivity contribution is -0.120. The molecule has 1 heterocycles. The Bertz CT molecular complexity index is 849. The number of nitrogens with zero attached hydrogens (tertiary/aromatic N) is 4. The summed E-state index contributed by atoms with van der Waals surface area (Å²) in [5.41, 5.74) is 3.04. The summed E-state index contributed by atoms with van der Waals surface area (Å²) in [6, 6.07) is 17.7. The summed E-state index contributed by atoms with van der Waals surface area (Å²) in [7, 11) is 0. The van der Waals surface area contributed by atoms with Gasteiger partial charge >= 0.3 is 0 Å². The third-order valence-electron chi connectivity index (χ3n) is 3.75. The van der Waals surface area contributed by atoms with Crippen LogP contribution in [0.4, 0.5) is 0 Å². The predicted molar refractivity (Wildman–Crippen MR) is 97.5 cm³/mol. The Kier molecular flexibility index (Phi) is 5.45. The van der Waals surface area contributed by atoms with E-state index in [1.54, 1.807) is 4.68 Å². The number of nitrogens with one attached hydrogen (secondary N) is 1. The number of carbonyl (C=O) groups is 1. The van der Waals surface area contributed by atoms with Crippen molar-refractivity contribution in [2.45, 2.75) is 30.8 Å². The van der Waals surface area contributed by atoms with Crippen LogP contribution in [0.15, 0.2) is 59.8 Å². The summed E-state index contributed by atoms with van der Waals surface area (Å²) < 4.78 is 1.67. The molecule has 0 spiro atoms. The number of hydrogen-bond donors (Lipinski definition) is 1. The molecule has 3 aromatic rings. The van der Waals surface area contributed by atoms with Gasteiger partial charge in [-0.2, -0.15) is 4.68 Å². The van der Waals surface area contributed by atoms with Gasteiger partial charge in [-0.25, -0.2) is 0 Å². The van der Waals surface area contributed by atoms with E-state index < -0.39 is 0 Å². The summed E-state index contributed by atoms with van der Waals surface area (Å²) >= 11 is 1.34. The predicted octanol–water partition coefficient (Wildman–Crippen LogP) is 2.77. The number of rotatable bonds is 6. The summed E-state index contributed by atoms with van der Waals surface area (Å²) in [6.45, 7) is 4.36. The lowest BCUT2D eigenvalue weighted by atomic mass is 10.2. The molecule has 25 heavy (non-hydrogen) atoms. The normalized spacial score (nSPS) is 11.9. The number of aromatic nitrogens is 4. The van der Waals surface area contributed by atoms with Crippen LogP contribution in [0.1, 0.15) is 18.1 Å². The molecule has 0 saturated carbocycles. The fourth-order valence-corrected chi connectivity index (χ4v) is 3.17. The first kappa shape index (κ1) is 17.2. The Morgan fingerprint density at radius 3 is 2.64 bits per heavy atom. The van der Waals surface area contributed by atoms with Crippen LogP contribution in [0.3, 0.4) is 0 Å². The van der Waals surface area contributed by atoms with E-state index in [-0.39, 0.29) is 11.2 Å². The number of thioether (sulfide) groups is 1. The van der Waals surface area contributed by atoms with Crippen LogP contribution in [0.25, 0.3) is 5.69 Å². The highest BCUT2D eigenvalue weighted by Crippen LogP contribution is 2.24. The minimum atomic E-state index is -0.308. The van der Waals surface area contributed by atoms with E-state index in [0.717, 1.165) is 16.8 Å². The topological polar surface area (TPSA) is 72.7 Å². The molecule has 0 radical (unpaired) electrons. The maximum absolute atomic E-state index is 12.3. The van der Waals surface area contributed by atoms with Crippen molar-refractivity contribution < 1.29 is 4.79 Å². The van der Waals surface area contributed by atoms with Gasteiger partial charge in [0.05, 0.1) is 10.9 Å². The highest BCUT2D eigenvalue weighted by atomic mass is 32.2. The van der Waals surface area contributed by atoms with Crippen molar-refractivity contribution in [2.24, 2.45) is 0 Å². The lowest BCUT2D eigenvalue weighted by Gasteiger charge is -2.12. The number of hydrogen-bond acceptors (Lipinski definition) is 5. The molecule has 0 bridgehead atoms. The van der Waals surface area contributed by atoms with E-state index in [0.29, 0.717) is 11.7 Å². The van der Waals surface area contributed by atoms with Crippen LogP contribution in [0.5, 0.6) is 0 Å². The van der Waals surface area contributed by atoms with Crippen LogP contribution < -0.4 is 5.32 Å². The fourth-order valence-electron chi connectivity index (χ4n) is 2.35. The molecular weight excluding hydrogens is 334 g/mol. The molecule has 0 aliphatic rings. The van der Waals surface area contributed by atoms with E-state index in [9.17, 15) is 4.79 Å². The van der Waals surface area contributed by atoms with Gasteiger partial charge in [-0.1, -0.05) is 60.3 Å². The highest BCUT2D eigenvalue weighted by molar-refractivity contribution is 8.00. The molecule has 1 unspecified atom stereocenters. The maximum Gasteiger partial charge on any atom is 0.233 e. The summed E-state index contributed by atoms with van der Waals surface area (Å²) in [5, 5.41) is 15.1. The first-order chi connectivity index (χ1) is 12.1. The molecule has 1 atom stereocenters. The van der Waals surface area contributed by atoms with Crippen LogP contribution >= 0.6 is 11.8 Å². The van der Waals surface area contributed by atoms with Gasteiger partial charge in [0.2, 0.25) is 11.1 Å². The van der Waals surface area contributed by atoms with Gasteiger partial charge in [-0.15, -0.1) is 5.10 Å². The van der Waals surface area contributed by atoms with Gasteiger partial charge in [0.1, 0.15) is 0 Å². The highest BCUT2D eigenvalue weighted by Gasteiger charge is 2.19. The van der Waals surface area contributed by atoms with Gasteiger partial charge in [0.25, 0.3) is 0 Å². The standard InChI is InChI=1S/C18H19N5OS/c1-13-8-6-7-11-16(13)23-18(20-21-22-23)25-14(2)17(24)19-12-15-9-4-3-5-10-15/h3-11,14H,12H2,1-2H3,(H,19,24). The Balaban J connectivity index is 1.65. The summed E-state index contributed by atoms with van der Waals surface area (Å²) in [5.74, 6) is -0.0480. The third-order valence-corrected chi connectivity index (χ3v) is 4.78. The van der Waals surface area contributed by atoms with Gasteiger partial charge in [-0.3, -0.25) is 4.79 Å². The van der Waals surface area contributed by atoms with Crippen LogP contribution in [-0.2, 0) is 11.3 Å². The zero-order valence-electron chi connectivity index (χ0n) is 14.1. The average molecular weight is 353 g/mol. The molecule has 128 valence electrons. The molecule has 2 aromatic carbocycles. The number of aryl methyl sites for hydroxylation is 1. The molecule has 7 heteroatoms. The van der Waals surface area contributed by atoms with Crippen LogP contribution in [-0.4, -0.2) is 31.4 Å². The van der Waals surface area contributed by atoms with Crippen molar-refractivity contribution in [3.05, 3.63) is 65.7 Å². The van der Waals surface area contributed by atoms with Crippen molar-refractivity contribution in [3.63, 3.8) is 0 Å². The van der Waals surface area contributed by atoms with Crippen molar-refractivity contribution in [2.75, 3.05) is 0 Å².